The van der Waals surface area contributed by atoms with Crippen molar-refractivity contribution in [1.82, 2.24) is 15.5 Å². The second kappa shape index (κ2) is 12.5. The molecule has 8 heteroatoms. The molecule has 0 unspecified atom stereocenters. The summed E-state index contributed by atoms with van der Waals surface area (Å²) < 4.78 is 16.2. The third-order valence-corrected chi connectivity index (χ3v) is 5.68. The van der Waals surface area contributed by atoms with Gasteiger partial charge in [0.25, 0.3) is 0 Å². The lowest BCUT2D eigenvalue weighted by molar-refractivity contribution is -0.0390. The average molecular weight is 433 g/mol. The normalized spacial score (nSPS) is 18.6. The topological polar surface area (TPSA) is 84.4 Å². The molecule has 2 heterocycles. The van der Waals surface area contributed by atoms with Gasteiger partial charge in [0.1, 0.15) is 0 Å². The van der Waals surface area contributed by atoms with Crippen molar-refractivity contribution in [3.8, 4) is 0 Å². The van der Waals surface area contributed by atoms with Crippen LogP contribution in [0.15, 0.2) is 29.3 Å². The van der Waals surface area contributed by atoms with Gasteiger partial charge in [-0.05, 0) is 43.7 Å². The number of amides is 1. The minimum Gasteiger partial charge on any atom is -0.453 e. The van der Waals surface area contributed by atoms with Crippen molar-refractivity contribution in [2.75, 3.05) is 40.0 Å². The molecule has 0 bridgehead atoms. The molecule has 2 N–H and O–H groups in total. The standard InChI is InChI=1S/C23H36N4O4/c1-3-24-22(26-20-7-11-27(12-8-20)23(28)29-2)25-16-18-5-4-6-19(15-18)17-31-21-9-13-30-14-10-21/h4-6,15,20-21H,3,7-14,16-17H2,1-2H3,(H2,24,25,26). The smallest absolute Gasteiger partial charge is 0.409 e. The van der Waals surface area contributed by atoms with Gasteiger partial charge in [0.2, 0.25) is 0 Å². The van der Waals surface area contributed by atoms with Crippen LogP contribution in [-0.2, 0) is 27.4 Å². The Hall–Kier alpha value is -2.32. The van der Waals surface area contributed by atoms with Gasteiger partial charge in [-0.15, -0.1) is 0 Å². The molecular formula is C23H36N4O4. The van der Waals surface area contributed by atoms with Gasteiger partial charge in [-0.25, -0.2) is 9.79 Å². The molecule has 2 aliphatic heterocycles. The quantitative estimate of drug-likeness (QED) is 0.509. The van der Waals surface area contributed by atoms with Crippen LogP contribution in [0, 0.1) is 0 Å². The lowest BCUT2D eigenvalue weighted by atomic mass is 10.1. The van der Waals surface area contributed by atoms with Crippen LogP contribution in [0.1, 0.15) is 43.7 Å². The first-order valence-corrected chi connectivity index (χ1v) is 11.3. The number of carbonyl (C=O) groups excluding carboxylic acids is 1. The Morgan fingerprint density at radius 2 is 1.94 bits per heavy atom. The van der Waals surface area contributed by atoms with Crippen LogP contribution in [0.25, 0.3) is 0 Å². The van der Waals surface area contributed by atoms with Crippen molar-refractivity contribution < 1.29 is 19.0 Å². The number of carbonyl (C=O) groups is 1. The van der Waals surface area contributed by atoms with E-state index in [4.69, 9.17) is 19.2 Å². The van der Waals surface area contributed by atoms with Crippen molar-refractivity contribution in [1.29, 1.82) is 0 Å². The number of rotatable bonds is 7. The van der Waals surface area contributed by atoms with E-state index in [1.165, 1.54) is 12.7 Å². The van der Waals surface area contributed by atoms with Crippen molar-refractivity contribution in [2.45, 2.75) is 57.9 Å². The Balaban J connectivity index is 1.50. The predicted octanol–water partition coefficient (Wildman–Crippen LogP) is 2.67. The molecule has 2 saturated heterocycles. The maximum atomic E-state index is 11.7. The number of hydrogen-bond donors (Lipinski definition) is 2. The highest BCUT2D eigenvalue weighted by atomic mass is 16.5. The van der Waals surface area contributed by atoms with E-state index in [0.29, 0.717) is 32.3 Å². The average Bonchev–Trinajstić information content (AvgIpc) is 2.82. The van der Waals surface area contributed by atoms with Crippen molar-refractivity contribution in [2.24, 2.45) is 4.99 Å². The van der Waals surface area contributed by atoms with Crippen LogP contribution in [0.5, 0.6) is 0 Å². The lowest BCUT2D eigenvalue weighted by Crippen LogP contribution is -2.49. The largest absolute Gasteiger partial charge is 0.453 e. The first-order valence-electron chi connectivity index (χ1n) is 11.3. The van der Waals surface area contributed by atoms with Gasteiger partial charge in [-0.3, -0.25) is 0 Å². The van der Waals surface area contributed by atoms with Crippen LogP contribution in [-0.4, -0.2) is 69.1 Å². The summed E-state index contributed by atoms with van der Waals surface area (Å²) in [6.07, 6.45) is 3.74. The summed E-state index contributed by atoms with van der Waals surface area (Å²) >= 11 is 0. The lowest BCUT2D eigenvalue weighted by Gasteiger charge is -2.32. The molecule has 172 valence electrons. The SMILES string of the molecule is CCNC(=NCc1cccc(COC2CCOCC2)c1)NC1CCN(C(=O)OC)CC1. The second-order valence-electron chi connectivity index (χ2n) is 8.01. The van der Waals surface area contributed by atoms with Gasteiger partial charge < -0.3 is 29.7 Å². The van der Waals surface area contributed by atoms with Gasteiger partial charge in [-0.1, -0.05) is 24.3 Å². The van der Waals surface area contributed by atoms with Gasteiger partial charge >= 0.3 is 6.09 Å². The first kappa shape index (κ1) is 23.3. The molecule has 0 saturated carbocycles. The van der Waals surface area contributed by atoms with Crippen LogP contribution < -0.4 is 10.6 Å². The maximum Gasteiger partial charge on any atom is 0.409 e. The summed E-state index contributed by atoms with van der Waals surface area (Å²) in [6.45, 7) is 7.05. The van der Waals surface area contributed by atoms with Crippen LogP contribution in [0.3, 0.4) is 0 Å². The zero-order chi connectivity index (χ0) is 21.9. The zero-order valence-electron chi connectivity index (χ0n) is 18.8. The third-order valence-electron chi connectivity index (χ3n) is 5.68. The van der Waals surface area contributed by atoms with Gasteiger partial charge in [0.15, 0.2) is 5.96 Å². The number of nitrogens with one attached hydrogen (secondary N) is 2. The Labute approximate surface area is 185 Å². The van der Waals surface area contributed by atoms with Crippen molar-refractivity contribution >= 4 is 12.1 Å². The number of methoxy groups -OCH3 is 1. The molecule has 0 spiro atoms. The molecule has 3 rings (SSSR count). The minimum absolute atomic E-state index is 0.250. The van der Waals surface area contributed by atoms with Crippen LogP contribution >= 0.6 is 0 Å². The molecule has 1 aromatic rings. The summed E-state index contributed by atoms with van der Waals surface area (Å²) in [5, 5.41) is 6.84. The fraction of sp³-hybridized carbons (Fsp3) is 0.652. The van der Waals surface area contributed by atoms with Gasteiger partial charge in [-0.2, -0.15) is 0 Å². The van der Waals surface area contributed by atoms with Crippen molar-refractivity contribution in [3.05, 3.63) is 35.4 Å². The number of likely N-dealkylation sites (tertiary alicyclic amines) is 1. The molecule has 0 radical (unpaired) electrons. The minimum atomic E-state index is -0.250. The number of piperidine rings is 1. The highest BCUT2D eigenvalue weighted by Gasteiger charge is 2.23. The Morgan fingerprint density at radius 1 is 1.19 bits per heavy atom. The summed E-state index contributed by atoms with van der Waals surface area (Å²) in [7, 11) is 1.43. The fourth-order valence-corrected chi connectivity index (χ4v) is 3.89. The summed E-state index contributed by atoms with van der Waals surface area (Å²) in [5.41, 5.74) is 2.33. The fourth-order valence-electron chi connectivity index (χ4n) is 3.89. The number of guanidine groups is 1. The Morgan fingerprint density at radius 3 is 2.65 bits per heavy atom. The number of nitrogens with zero attached hydrogens (tertiary/aromatic N) is 2. The van der Waals surface area contributed by atoms with E-state index in [1.807, 2.05) is 0 Å². The maximum absolute atomic E-state index is 11.7. The summed E-state index contributed by atoms with van der Waals surface area (Å²) in [6, 6.07) is 8.72. The molecule has 8 nitrogen and oxygen atoms in total. The molecule has 2 fully saturated rings. The summed E-state index contributed by atoms with van der Waals surface area (Å²) in [5.74, 6) is 0.808. The predicted molar refractivity (Wildman–Crippen MR) is 120 cm³/mol. The van der Waals surface area contributed by atoms with E-state index >= 15 is 0 Å². The number of ether oxygens (including phenoxy) is 3. The first-order chi connectivity index (χ1) is 15.2. The zero-order valence-corrected chi connectivity index (χ0v) is 18.8. The van der Waals surface area contributed by atoms with E-state index < -0.39 is 0 Å². The molecule has 0 aromatic heterocycles. The van der Waals surface area contributed by atoms with Gasteiger partial charge in [0, 0.05) is 38.9 Å². The van der Waals surface area contributed by atoms with Crippen LogP contribution in [0.4, 0.5) is 4.79 Å². The highest BCUT2D eigenvalue weighted by molar-refractivity contribution is 5.80. The molecule has 1 aromatic carbocycles. The van der Waals surface area contributed by atoms with E-state index in [1.54, 1.807) is 4.90 Å². The number of aliphatic imine (C=N–C) groups is 1. The molecule has 0 aliphatic carbocycles. The number of benzene rings is 1. The molecule has 31 heavy (non-hydrogen) atoms. The molecule has 0 atom stereocenters. The van der Waals surface area contributed by atoms with Crippen molar-refractivity contribution in [3.63, 3.8) is 0 Å². The van der Waals surface area contributed by atoms with Gasteiger partial charge in [0.05, 0.1) is 26.4 Å². The summed E-state index contributed by atoms with van der Waals surface area (Å²) in [4.78, 5) is 18.2. The monoisotopic (exact) mass is 432 g/mol. The molecular weight excluding hydrogens is 396 g/mol. The Kier molecular flexibility index (Phi) is 9.42. The Bertz CT molecular complexity index is 713. The van der Waals surface area contributed by atoms with E-state index in [2.05, 4.69) is 41.8 Å². The third kappa shape index (κ3) is 7.70. The van der Waals surface area contributed by atoms with E-state index in [9.17, 15) is 4.79 Å². The van der Waals surface area contributed by atoms with E-state index in [-0.39, 0.29) is 12.1 Å². The highest BCUT2D eigenvalue weighted by Crippen LogP contribution is 2.15. The van der Waals surface area contributed by atoms with E-state index in [0.717, 1.165) is 57.0 Å². The molecule has 1 amide bonds. The molecule has 2 aliphatic rings. The number of hydrogen-bond acceptors (Lipinski definition) is 5. The second-order valence-corrected chi connectivity index (χ2v) is 8.01. The van der Waals surface area contributed by atoms with Crippen LogP contribution in [0.2, 0.25) is 0 Å².